The SMILES string of the molecule is CCC(CC)OC1=In2c(nn(CC(=O)c3cc(CC4CCOCC4)c(OC)c(C(C)(C)C)c3)c2=O)C=C1C1CC1. The number of hydrogen-bond acceptors (Lipinski definition) is 6. The van der Waals surface area contributed by atoms with Gasteiger partial charge in [0.15, 0.2) is 11.6 Å². The molecule has 0 N–H and O–H groups in total. The molecule has 2 aliphatic heterocycles. The Balaban J connectivity index is 1.46. The van der Waals surface area contributed by atoms with Gasteiger partial charge in [0.2, 0.25) is 0 Å². The fourth-order valence-electron chi connectivity index (χ4n) is 5.65. The van der Waals surface area contributed by atoms with E-state index in [4.69, 9.17) is 14.2 Å². The number of ether oxygens (including phenoxy) is 3. The summed E-state index contributed by atoms with van der Waals surface area (Å²) >= 11 is -0.868. The minimum atomic E-state index is -0.868. The third kappa shape index (κ3) is 6.77. The van der Waals surface area contributed by atoms with Gasteiger partial charge in [0.05, 0.1) is 13.2 Å². The van der Waals surface area contributed by atoms with Gasteiger partial charge in [-0.2, -0.15) is 0 Å². The third-order valence-electron chi connectivity index (χ3n) is 8.33. The van der Waals surface area contributed by atoms with Gasteiger partial charge in [-0.1, -0.05) is 34.6 Å². The predicted molar refractivity (Wildman–Crippen MR) is 170 cm³/mol. The van der Waals surface area contributed by atoms with E-state index in [9.17, 15) is 9.59 Å². The number of Topliss-reactive ketones (excluding diaryl/α,β-unsaturated/α-hetero) is 1. The molecule has 1 aromatic heterocycles. The van der Waals surface area contributed by atoms with Crippen LogP contribution < -0.4 is 10.4 Å². The Hall–Kier alpha value is -2.11. The van der Waals surface area contributed by atoms with Crippen LogP contribution in [0.4, 0.5) is 0 Å². The molecule has 1 saturated carbocycles. The topological polar surface area (TPSA) is 84.6 Å². The molecule has 0 bridgehead atoms. The summed E-state index contributed by atoms with van der Waals surface area (Å²) in [4.78, 5) is 27.3. The number of benzene rings is 1. The van der Waals surface area contributed by atoms with E-state index in [2.05, 4.69) is 39.7 Å². The van der Waals surface area contributed by atoms with Crippen LogP contribution in [-0.2, 0) is 27.9 Å². The summed E-state index contributed by atoms with van der Waals surface area (Å²) in [6, 6.07) is 3.92. The molecule has 1 saturated heterocycles. The largest absolute Gasteiger partial charge is 0.496 e. The van der Waals surface area contributed by atoms with E-state index in [-0.39, 0.29) is 29.5 Å². The first-order valence-corrected chi connectivity index (χ1v) is 17.1. The number of carbonyl (C=O) groups is 1. The lowest BCUT2D eigenvalue weighted by Gasteiger charge is -2.27. The van der Waals surface area contributed by atoms with Gasteiger partial charge in [0, 0.05) is 45.3 Å². The molecule has 3 heterocycles. The second-order valence-corrected chi connectivity index (χ2v) is 14.9. The van der Waals surface area contributed by atoms with Crippen LogP contribution in [0.3, 0.4) is 0 Å². The number of nitrogens with zero attached hydrogens (tertiary/aromatic N) is 3. The van der Waals surface area contributed by atoms with E-state index >= 15 is 0 Å². The standard InChI is InChI=1S/C32H44IN3O5/c1-7-24(8-2)41-30-25(21-9-10-21)18-28-34-35(31(38)36(28)33-30)19-27(37)22-16-23(15-20-11-13-40-14-12-20)29(39-6)26(17-22)32(3,4)5/h16-18,20-21,24H,7-15,19H2,1-6H3. The number of aromatic nitrogens is 3. The Morgan fingerprint density at radius 1 is 1.15 bits per heavy atom. The van der Waals surface area contributed by atoms with Gasteiger partial charge in [-0.3, -0.25) is 4.79 Å². The molecule has 9 heteroatoms. The lowest BCUT2D eigenvalue weighted by molar-refractivity contribution is 0.0663. The van der Waals surface area contributed by atoms with Crippen LogP contribution in [-0.4, -0.2) is 48.5 Å². The molecule has 0 spiro atoms. The lowest BCUT2D eigenvalue weighted by atomic mass is 9.81. The molecule has 8 nitrogen and oxygen atoms in total. The Labute approximate surface area is 253 Å². The molecule has 224 valence electrons. The summed E-state index contributed by atoms with van der Waals surface area (Å²) < 4.78 is 22.0. The summed E-state index contributed by atoms with van der Waals surface area (Å²) in [5.41, 5.74) is 3.42. The third-order valence-corrected chi connectivity index (χ3v) is 11.0. The summed E-state index contributed by atoms with van der Waals surface area (Å²) in [5, 5.41) is 4.64. The van der Waals surface area contributed by atoms with Gasteiger partial charge in [-0.05, 0) is 91.5 Å². The molecule has 5 rings (SSSR count). The first kappa shape index (κ1) is 30.4. The van der Waals surface area contributed by atoms with Crippen LogP contribution in [0.25, 0.3) is 6.08 Å². The summed E-state index contributed by atoms with van der Waals surface area (Å²) in [6.07, 6.45) is 9.20. The second-order valence-electron chi connectivity index (χ2n) is 12.5. The molecular formula is C32H44IN3O5. The second kappa shape index (κ2) is 12.6. The highest BCUT2D eigenvalue weighted by Gasteiger charge is 2.34. The fraction of sp³-hybridized carbons (Fsp3) is 0.625. The molecule has 0 unspecified atom stereocenters. The van der Waals surface area contributed by atoms with E-state index < -0.39 is 21.0 Å². The van der Waals surface area contributed by atoms with Crippen molar-refractivity contribution in [1.82, 2.24) is 12.6 Å². The molecular weight excluding hydrogens is 633 g/mol. The van der Waals surface area contributed by atoms with Gasteiger partial charge in [0.25, 0.3) is 0 Å². The normalized spacial score (nSPS) is 18.0. The molecule has 1 aliphatic carbocycles. The van der Waals surface area contributed by atoms with E-state index in [0.29, 0.717) is 23.2 Å². The highest BCUT2D eigenvalue weighted by atomic mass is 127. The van der Waals surface area contributed by atoms with Crippen LogP contribution in [0.1, 0.15) is 100 Å². The number of carbonyl (C=O) groups excluding carboxylic acids is 1. The van der Waals surface area contributed by atoms with Gasteiger partial charge >= 0.3 is 5.69 Å². The number of hydrogen-bond donors (Lipinski definition) is 0. The maximum atomic E-state index is 13.8. The molecule has 1 aromatic carbocycles. The van der Waals surface area contributed by atoms with Crippen LogP contribution in [0.15, 0.2) is 22.5 Å². The number of halogens is 1. The van der Waals surface area contributed by atoms with E-state index in [0.717, 1.165) is 78.7 Å². The quantitative estimate of drug-likeness (QED) is 0.212. The molecule has 41 heavy (non-hydrogen) atoms. The van der Waals surface area contributed by atoms with Crippen LogP contribution in [0.5, 0.6) is 5.75 Å². The number of rotatable bonds is 11. The van der Waals surface area contributed by atoms with Crippen LogP contribution in [0, 0.1) is 11.8 Å². The van der Waals surface area contributed by atoms with E-state index in [1.54, 1.807) is 9.89 Å². The molecule has 2 fully saturated rings. The van der Waals surface area contributed by atoms with Crippen LogP contribution >= 0.6 is 21.0 Å². The minimum absolute atomic E-state index is 0.0927. The monoisotopic (exact) mass is 677 g/mol. The van der Waals surface area contributed by atoms with Crippen molar-refractivity contribution in [1.29, 1.82) is 0 Å². The van der Waals surface area contributed by atoms with E-state index in [1.165, 1.54) is 10.3 Å². The summed E-state index contributed by atoms with van der Waals surface area (Å²) in [6.45, 7) is 12.1. The molecule has 0 amide bonds. The zero-order valence-corrected chi connectivity index (χ0v) is 27.5. The number of fused-ring (bicyclic) bond motifs is 1. The minimum Gasteiger partial charge on any atom is -0.496 e. The lowest BCUT2D eigenvalue weighted by Crippen LogP contribution is -2.27. The fourth-order valence-corrected chi connectivity index (χ4v) is 8.37. The summed E-state index contributed by atoms with van der Waals surface area (Å²) in [7, 11) is 1.71. The van der Waals surface area contributed by atoms with Crippen LogP contribution in [0.2, 0.25) is 0 Å². The maximum Gasteiger partial charge on any atom is 0.355 e. The number of methoxy groups -OCH3 is 1. The van der Waals surface area contributed by atoms with E-state index in [1.807, 2.05) is 18.2 Å². The molecule has 0 atom stereocenters. The van der Waals surface area contributed by atoms with Gasteiger partial charge in [0.1, 0.15) is 16.0 Å². The zero-order chi connectivity index (χ0) is 29.3. The highest BCUT2D eigenvalue weighted by molar-refractivity contribution is 14.2. The van der Waals surface area contributed by atoms with Crippen molar-refractivity contribution in [2.24, 2.45) is 11.8 Å². The van der Waals surface area contributed by atoms with Crippen molar-refractivity contribution in [3.05, 3.63) is 50.7 Å². The highest BCUT2D eigenvalue weighted by Crippen LogP contribution is 2.42. The van der Waals surface area contributed by atoms with Gasteiger partial charge < -0.3 is 14.2 Å². The smallest absolute Gasteiger partial charge is 0.355 e. The number of ketones is 1. The Bertz CT molecular complexity index is 1400. The van der Waals surface area contributed by atoms with Crippen molar-refractivity contribution in [2.45, 2.75) is 97.6 Å². The Morgan fingerprint density at radius 3 is 2.46 bits per heavy atom. The van der Waals surface area contributed by atoms with Crippen molar-refractivity contribution in [3.63, 3.8) is 0 Å². The van der Waals surface area contributed by atoms with Crippen molar-refractivity contribution >= 4 is 36.6 Å². The Morgan fingerprint density at radius 2 is 1.85 bits per heavy atom. The van der Waals surface area contributed by atoms with Crippen molar-refractivity contribution in [3.8, 4) is 5.75 Å². The average Bonchev–Trinajstić information content (AvgIpc) is 3.76. The first-order valence-electron chi connectivity index (χ1n) is 15.1. The van der Waals surface area contributed by atoms with Crippen molar-refractivity contribution < 1.29 is 19.0 Å². The summed E-state index contributed by atoms with van der Waals surface area (Å²) in [5.74, 6) is 2.38. The predicted octanol–water partition coefficient (Wildman–Crippen LogP) is 6.08. The Kier molecular flexibility index (Phi) is 9.35. The maximum absolute atomic E-state index is 13.8. The first-order chi connectivity index (χ1) is 19.6. The molecule has 0 radical (unpaired) electrons. The van der Waals surface area contributed by atoms with Gasteiger partial charge in [-0.25, -0.2) is 12.3 Å². The van der Waals surface area contributed by atoms with Gasteiger partial charge in [-0.15, -0.1) is 5.10 Å². The molecule has 2 aromatic rings. The van der Waals surface area contributed by atoms with Crippen molar-refractivity contribution in [2.75, 3.05) is 20.3 Å². The zero-order valence-electron chi connectivity index (χ0n) is 25.3. The molecule has 3 aliphatic rings. The average molecular weight is 678 g/mol.